The van der Waals surface area contributed by atoms with Crippen molar-refractivity contribution < 1.29 is 4.42 Å². The Morgan fingerprint density at radius 1 is 1.00 bits per heavy atom. The number of nitrogens with one attached hydrogen (secondary N) is 1. The number of fused-ring (bicyclic) bond motifs is 1. The zero-order chi connectivity index (χ0) is 15.1. The van der Waals surface area contributed by atoms with Gasteiger partial charge in [-0.2, -0.15) is 0 Å². The molecule has 1 aromatic heterocycles. The lowest BCUT2D eigenvalue weighted by atomic mass is 10.0. The highest BCUT2D eigenvalue weighted by Crippen LogP contribution is 2.36. The molecule has 3 nitrogen and oxygen atoms in total. The van der Waals surface area contributed by atoms with Gasteiger partial charge >= 0.3 is 0 Å². The van der Waals surface area contributed by atoms with Crippen LogP contribution in [0.25, 0.3) is 22.3 Å². The first kappa shape index (κ1) is 13.7. The molecule has 0 spiro atoms. The van der Waals surface area contributed by atoms with Crippen molar-refractivity contribution in [2.24, 2.45) is 4.99 Å². The molecule has 4 rings (SSSR count). The van der Waals surface area contributed by atoms with Gasteiger partial charge in [-0.15, -0.1) is 0 Å². The van der Waals surface area contributed by atoms with Crippen molar-refractivity contribution >= 4 is 40.0 Å². The van der Waals surface area contributed by atoms with Crippen LogP contribution in [0.1, 0.15) is 5.56 Å². The predicted molar refractivity (Wildman–Crippen MR) is 91.1 cm³/mol. The Kier molecular flexibility index (Phi) is 3.32. The molecule has 0 aliphatic carbocycles. The zero-order valence-electron chi connectivity index (χ0n) is 11.6. The summed E-state index contributed by atoms with van der Waals surface area (Å²) in [4.78, 5) is 4.54. The fraction of sp³-hybridized carbons (Fsp3) is 0.118. The summed E-state index contributed by atoms with van der Waals surface area (Å²) in [5, 5.41) is 5.65. The normalized spacial score (nSPS) is 14.2. The number of benzene rings is 2. The maximum absolute atomic E-state index is 6.15. The molecule has 1 aliphatic rings. The second-order valence-electron chi connectivity index (χ2n) is 5.11. The second kappa shape index (κ2) is 5.34. The van der Waals surface area contributed by atoms with E-state index in [1.165, 1.54) is 0 Å². The summed E-state index contributed by atoms with van der Waals surface area (Å²) in [6, 6.07) is 13.2. The first-order chi connectivity index (χ1) is 10.7. The summed E-state index contributed by atoms with van der Waals surface area (Å²) in [5.41, 5.74) is 2.71. The Labute approximate surface area is 137 Å². The van der Waals surface area contributed by atoms with E-state index in [1.807, 2.05) is 42.5 Å². The van der Waals surface area contributed by atoms with Crippen molar-refractivity contribution in [2.45, 2.75) is 0 Å². The zero-order valence-corrected chi connectivity index (χ0v) is 13.1. The molecule has 1 N–H and O–H groups in total. The van der Waals surface area contributed by atoms with E-state index in [1.54, 1.807) is 0 Å². The molecule has 5 heteroatoms. The van der Waals surface area contributed by atoms with Crippen molar-refractivity contribution in [2.75, 3.05) is 13.1 Å². The SMILES string of the molecule is Clc1ccc(-c2oc3ccc(Cl)cc3c2C2=NCCN2)cc1. The van der Waals surface area contributed by atoms with E-state index in [2.05, 4.69) is 10.3 Å². The van der Waals surface area contributed by atoms with Crippen LogP contribution in [0.3, 0.4) is 0 Å². The van der Waals surface area contributed by atoms with E-state index in [4.69, 9.17) is 27.6 Å². The monoisotopic (exact) mass is 330 g/mol. The molecule has 0 atom stereocenters. The minimum atomic E-state index is 0.677. The van der Waals surface area contributed by atoms with Gasteiger partial charge in [0, 0.05) is 27.5 Å². The molecule has 0 fully saturated rings. The number of halogens is 2. The average molecular weight is 331 g/mol. The third-order valence-electron chi connectivity index (χ3n) is 3.67. The van der Waals surface area contributed by atoms with Gasteiger partial charge < -0.3 is 9.73 Å². The van der Waals surface area contributed by atoms with E-state index in [0.29, 0.717) is 10.0 Å². The predicted octanol–water partition coefficient (Wildman–Crippen LogP) is 4.76. The highest BCUT2D eigenvalue weighted by molar-refractivity contribution is 6.32. The lowest BCUT2D eigenvalue weighted by Gasteiger charge is -2.04. The van der Waals surface area contributed by atoms with E-state index in [0.717, 1.165) is 46.8 Å². The summed E-state index contributed by atoms with van der Waals surface area (Å²) in [7, 11) is 0. The fourth-order valence-corrected chi connectivity index (χ4v) is 2.97. The van der Waals surface area contributed by atoms with E-state index < -0.39 is 0 Å². The average Bonchev–Trinajstić information content (AvgIpc) is 3.14. The van der Waals surface area contributed by atoms with Crippen LogP contribution in [-0.4, -0.2) is 18.9 Å². The third-order valence-corrected chi connectivity index (χ3v) is 4.15. The van der Waals surface area contributed by atoms with Crippen molar-refractivity contribution in [3.63, 3.8) is 0 Å². The minimum absolute atomic E-state index is 0.677. The molecule has 110 valence electrons. The molecule has 0 saturated heterocycles. The molecule has 0 radical (unpaired) electrons. The number of rotatable bonds is 2. The Morgan fingerprint density at radius 2 is 1.77 bits per heavy atom. The molecular weight excluding hydrogens is 319 g/mol. The summed E-state index contributed by atoms with van der Waals surface area (Å²) in [6.45, 7) is 1.60. The van der Waals surface area contributed by atoms with Gasteiger partial charge in [0.2, 0.25) is 0 Å². The smallest absolute Gasteiger partial charge is 0.146 e. The van der Waals surface area contributed by atoms with Gasteiger partial charge in [0.1, 0.15) is 17.2 Å². The molecule has 0 bridgehead atoms. The summed E-state index contributed by atoms with van der Waals surface area (Å²) in [6.07, 6.45) is 0. The van der Waals surface area contributed by atoms with Gasteiger partial charge in [-0.1, -0.05) is 23.2 Å². The topological polar surface area (TPSA) is 37.5 Å². The van der Waals surface area contributed by atoms with Crippen LogP contribution in [0, 0.1) is 0 Å². The summed E-state index contributed by atoms with van der Waals surface area (Å²) < 4.78 is 6.07. The van der Waals surface area contributed by atoms with Crippen LogP contribution >= 0.6 is 23.2 Å². The van der Waals surface area contributed by atoms with Gasteiger partial charge in [0.15, 0.2) is 0 Å². The molecular formula is C17H12Cl2N2O. The molecule has 3 aromatic rings. The van der Waals surface area contributed by atoms with E-state index in [9.17, 15) is 0 Å². The highest BCUT2D eigenvalue weighted by atomic mass is 35.5. The third kappa shape index (κ3) is 2.27. The van der Waals surface area contributed by atoms with Crippen LogP contribution < -0.4 is 5.32 Å². The van der Waals surface area contributed by atoms with Crippen molar-refractivity contribution in [1.29, 1.82) is 0 Å². The molecule has 1 aliphatic heterocycles. The summed E-state index contributed by atoms with van der Waals surface area (Å²) >= 11 is 12.1. The van der Waals surface area contributed by atoms with Crippen LogP contribution in [0.5, 0.6) is 0 Å². The van der Waals surface area contributed by atoms with Gasteiger partial charge in [-0.25, -0.2) is 0 Å². The molecule has 22 heavy (non-hydrogen) atoms. The van der Waals surface area contributed by atoms with Gasteiger partial charge in [-0.05, 0) is 42.5 Å². The fourth-order valence-electron chi connectivity index (χ4n) is 2.67. The minimum Gasteiger partial charge on any atom is -0.455 e. The second-order valence-corrected chi connectivity index (χ2v) is 5.98. The number of hydrogen-bond acceptors (Lipinski definition) is 3. The van der Waals surface area contributed by atoms with Crippen molar-refractivity contribution in [1.82, 2.24) is 5.32 Å². The van der Waals surface area contributed by atoms with Gasteiger partial charge in [-0.3, -0.25) is 4.99 Å². The standard InChI is InChI=1S/C17H12Cl2N2O/c18-11-3-1-10(2-4-11)16-15(17-20-7-8-21-17)13-9-12(19)5-6-14(13)22-16/h1-6,9H,7-8H2,(H,20,21). The molecule has 0 saturated carbocycles. The molecule has 2 aromatic carbocycles. The Bertz CT molecular complexity index is 882. The molecule has 0 amide bonds. The van der Waals surface area contributed by atoms with Crippen LogP contribution in [-0.2, 0) is 0 Å². The molecule has 0 unspecified atom stereocenters. The summed E-state index contributed by atoms with van der Waals surface area (Å²) in [5.74, 6) is 1.63. The maximum Gasteiger partial charge on any atom is 0.146 e. The Balaban J connectivity index is 2.00. The lowest BCUT2D eigenvalue weighted by Crippen LogP contribution is -2.19. The number of aliphatic imine (C=N–C) groups is 1. The Morgan fingerprint density at radius 3 is 2.50 bits per heavy atom. The first-order valence-corrected chi connectivity index (χ1v) is 7.74. The van der Waals surface area contributed by atoms with Gasteiger partial charge in [0.05, 0.1) is 12.1 Å². The number of amidine groups is 1. The van der Waals surface area contributed by atoms with Crippen LogP contribution in [0.2, 0.25) is 10.0 Å². The first-order valence-electron chi connectivity index (χ1n) is 6.99. The largest absolute Gasteiger partial charge is 0.455 e. The quantitative estimate of drug-likeness (QED) is 0.735. The number of hydrogen-bond donors (Lipinski definition) is 1. The molecule has 2 heterocycles. The van der Waals surface area contributed by atoms with E-state index >= 15 is 0 Å². The van der Waals surface area contributed by atoms with Crippen molar-refractivity contribution in [3.05, 3.63) is 58.1 Å². The Hall–Kier alpha value is -1.97. The van der Waals surface area contributed by atoms with Crippen LogP contribution in [0.15, 0.2) is 51.9 Å². The number of furan rings is 1. The van der Waals surface area contributed by atoms with Crippen LogP contribution in [0.4, 0.5) is 0 Å². The van der Waals surface area contributed by atoms with E-state index in [-0.39, 0.29) is 0 Å². The highest BCUT2D eigenvalue weighted by Gasteiger charge is 2.22. The van der Waals surface area contributed by atoms with Gasteiger partial charge in [0.25, 0.3) is 0 Å². The lowest BCUT2D eigenvalue weighted by molar-refractivity contribution is 0.631. The van der Waals surface area contributed by atoms with Crippen molar-refractivity contribution in [3.8, 4) is 11.3 Å². The number of nitrogens with zero attached hydrogens (tertiary/aromatic N) is 1. The maximum atomic E-state index is 6.15.